The number of nitriles is 1. The standard InChI is InChI=1S/C5H10NO3P/c1-2-8-10(7)9-5-3-4-6/h10H,2-3,5H2,1H3. The van der Waals surface area contributed by atoms with Crippen LogP contribution in [0.2, 0.25) is 0 Å². The van der Waals surface area contributed by atoms with Gasteiger partial charge in [-0.3, -0.25) is 4.57 Å². The van der Waals surface area contributed by atoms with E-state index in [-0.39, 0.29) is 13.0 Å². The molecule has 0 spiro atoms. The summed E-state index contributed by atoms with van der Waals surface area (Å²) in [7, 11) is -2.31. The van der Waals surface area contributed by atoms with Crippen molar-refractivity contribution in [2.24, 2.45) is 0 Å². The molecule has 0 radical (unpaired) electrons. The normalized spacial score (nSPS) is 12.4. The largest absolute Gasteiger partial charge is 0.319 e. The first-order chi connectivity index (χ1) is 4.81. The molecule has 0 aromatic carbocycles. The summed E-state index contributed by atoms with van der Waals surface area (Å²) >= 11 is 0. The fraction of sp³-hybridized carbons (Fsp3) is 0.800. The second-order valence-electron chi connectivity index (χ2n) is 1.44. The van der Waals surface area contributed by atoms with Crippen molar-refractivity contribution in [3.05, 3.63) is 0 Å². The zero-order chi connectivity index (χ0) is 7.82. The van der Waals surface area contributed by atoms with Crippen LogP contribution in [0.4, 0.5) is 0 Å². The SMILES string of the molecule is CCO[PH](=O)OCCC#N. The van der Waals surface area contributed by atoms with Gasteiger partial charge in [-0.25, -0.2) is 0 Å². The fourth-order valence-corrected chi connectivity index (χ4v) is 0.927. The minimum atomic E-state index is -2.31. The predicted molar refractivity (Wildman–Crippen MR) is 36.8 cm³/mol. The highest BCUT2D eigenvalue weighted by atomic mass is 31.1. The molecule has 0 rings (SSSR count). The van der Waals surface area contributed by atoms with Crippen LogP contribution < -0.4 is 0 Å². The highest BCUT2D eigenvalue weighted by Crippen LogP contribution is 2.22. The molecule has 1 atom stereocenters. The molecule has 0 heterocycles. The van der Waals surface area contributed by atoms with Crippen LogP contribution >= 0.6 is 8.25 Å². The lowest BCUT2D eigenvalue weighted by Crippen LogP contribution is -1.86. The van der Waals surface area contributed by atoms with Gasteiger partial charge in [0.05, 0.1) is 25.7 Å². The highest BCUT2D eigenvalue weighted by Gasteiger charge is 1.95. The van der Waals surface area contributed by atoms with Crippen LogP contribution in [0.15, 0.2) is 0 Å². The average Bonchev–Trinajstić information content (AvgIpc) is 1.89. The molecule has 0 fully saturated rings. The van der Waals surface area contributed by atoms with Gasteiger partial charge in [0.15, 0.2) is 0 Å². The first-order valence-corrected chi connectivity index (χ1v) is 4.20. The summed E-state index contributed by atoms with van der Waals surface area (Å²) < 4.78 is 19.8. The molecule has 0 aliphatic rings. The maximum atomic E-state index is 10.5. The maximum absolute atomic E-state index is 10.5. The van der Waals surface area contributed by atoms with Gasteiger partial charge in [-0.2, -0.15) is 5.26 Å². The number of rotatable bonds is 5. The van der Waals surface area contributed by atoms with Crippen LogP contribution in [0.5, 0.6) is 0 Å². The van der Waals surface area contributed by atoms with E-state index in [2.05, 4.69) is 9.05 Å². The lowest BCUT2D eigenvalue weighted by atomic mass is 10.5. The Hall–Kier alpha value is -0.360. The van der Waals surface area contributed by atoms with Crippen LogP contribution in [0.1, 0.15) is 13.3 Å². The van der Waals surface area contributed by atoms with E-state index in [9.17, 15) is 4.57 Å². The molecule has 0 aliphatic carbocycles. The van der Waals surface area contributed by atoms with Crippen LogP contribution in [0.25, 0.3) is 0 Å². The van der Waals surface area contributed by atoms with E-state index < -0.39 is 8.25 Å². The molecule has 0 saturated carbocycles. The summed E-state index contributed by atoms with van der Waals surface area (Å²) in [5.41, 5.74) is 0. The Balaban J connectivity index is 3.15. The summed E-state index contributed by atoms with van der Waals surface area (Å²) in [6.45, 7) is 2.30. The Kier molecular flexibility index (Phi) is 6.51. The van der Waals surface area contributed by atoms with Gasteiger partial charge >= 0.3 is 8.25 Å². The molecule has 5 heteroatoms. The minimum Gasteiger partial charge on any atom is -0.311 e. The van der Waals surface area contributed by atoms with Crippen molar-refractivity contribution in [3.63, 3.8) is 0 Å². The Morgan fingerprint density at radius 3 is 2.80 bits per heavy atom. The first-order valence-electron chi connectivity index (χ1n) is 2.97. The minimum absolute atomic E-state index is 0.189. The topological polar surface area (TPSA) is 59.3 Å². The van der Waals surface area contributed by atoms with E-state index >= 15 is 0 Å². The number of hydrogen-bond donors (Lipinski definition) is 0. The number of nitrogens with zero attached hydrogens (tertiary/aromatic N) is 1. The van der Waals surface area contributed by atoms with Gasteiger partial charge in [0.1, 0.15) is 0 Å². The molecular formula is C5H10NO3P. The molecule has 0 N–H and O–H groups in total. The molecule has 0 aliphatic heterocycles. The molecule has 1 unspecified atom stereocenters. The van der Waals surface area contributed by atoms with Crippen molar-refractivity contribution in [1.82, 2.24) is 0 Å². The molecule has 0 amide bonds. The zero-order valence-electron chi connectivity index (χ0n) is 5.79. The predicted octanol–water partition coefficient (Wildman–Crippen LogP) is 1.34. The average molecular weight is 163 g/mol. The van der Waals surface area contributed by atoms with Gasteiger partial charge in [-0.15, -0.1) is 0 Å². The molecule has 0 saturated heterocycles. The summed E-state index contributed by atoms with van der Waals surface area (Å²) in [6.07, 6.45) is 0.253. The third-order valence-corrected chi connectivity index (χ3v) is 1.66. The van der Waals surface area contributed by atoms with Gasteiger partial charge in [-0.05, 0) is 6.92 Å². The van der Waals surface area contributed by atoms with Crippen LogP contribution in [0.3, 0.4) is 0 Å². The summed E-state index contributed by atoms with van der Waals surface area (Å²) in [5.74, 6) is 0. The van der Waals surface area contributed by atoms with E-state index in [0.717, 1.165) is 0 Å². The van der Waals surface area contributed by atoms with Gasteiger partial charge in [0.25, 0.3) is 0 Å². The Morgan fingerprint density at radius 2 is 2.30 bits per heavy atom. The van der Waals surface area contributed by atoms with Gasteiger partial charge in [0, 0.05) is 0 Å². The summed E-state index contributed by atoms with van der Waals surface area (Å²) in [4.78, 5) is 0. The van der Waals surface area contributed by atoms with E-state index in [1.807, 2.05) is 6.07 Å². The molecule has 0 aromatic heterocycles. The van der Waals surface area contributed by atoms with E-state index in [1.165, 1.54) is 0 Å². The second-order valence-corrected chi connectivity index (χ2v) is 2.52. The monoisotopic (exact) mass is 163 g/mol. The van der Waals surface area contributed by atoms with Crippen molar-refractivity contribution >= 4 is 8.25 Å². The van der Waals surface area contributed by atoms with Crippen LogP contribution in [-0.2, 0) is 13.6 Å². The highest BCUT2D eigenvalue weighted by molar-refractivity contribution is 7.33. The molecular weight excluding hydrogens is 153 g/mol. The molecule has 0 bridgehead atoms. The smallest absolute Gasteiger partial charge is 0.311 e. The zero-order valence-corrected chi connectivity index (χ0v) is 6.79. The molecule has 10 heavy (non-hydrogen) atoms. The Bertz CT molecular complexity index is 142. The van der Waals surface area contributed by atoms with Crippen molar-refractivity contribution in [3.8, 4) is 6.07 Å². The van der Waals surface area contributed by atoms with E-state index in [1.54, 1.807) is 6.92 Å². The lowest BCUT2D eigenvalue weighted by Gasteiger charge is -1.99. The summed E-state index contributed by atoms with van der Waals surface area (Å²) in [6, 6.07) is 1.86. The third-order valence-electron chi connectivity index (χ3n) is 0.696. The summed E-state index contributed by atoms with van der Waals surface area (Å²) in [5, 5.41) is 8.05. The lowest BCUT2D eigenvalue weighted by molar-refractivity contribution is 0.238. The van der Waals surface area contributed by atoms with Crippen molar-refractivity contribution in [2.75, 3.05) is 13.2 Å². The fourth-order valence-electron chi connectivity index (χ4n) is 0.340. The van der Waals surface area contributed by atoms with Crippen LogP contribution in [-0.4, -0.2) is 13.2 Å². The molecule has 4 nitrogen and oxygen atoms in total. The van der Waals surface area contributed by atoms with Crippen molar-refractivity contribution in [2.45, 2.75) is 13.3 Å². The number of hydrogen-bond acceptors (Lipinski definition) is 4. The van der Waals surface area contributed by atoms with Crippen molar-refractivity contribution < 1.29 is 13.6 Å². The third kappa shape index (κ3) is 5.77. The molecule has 0 aromatic rings. The van der Waals surface area contributed by atoms with E-state index in [4.69, 9.17) is 5.26 Å². The Morgan fingerprint density at radius 1 is 1.60 bits per heavy atom. The maximum Gasteiger partial charge on any atom is 0.319 e. The quantitative estimate of drug-likeness (QED) is 0.453. The van der Waals surface area contributed by atoms with Crippen LogP contribution in [0, 0.1) is 11.3 Å². The Labute approximate surface area is 60.7 Å². The second kappa shape index (κ2) is 6.76. The van der Waals surface area contributed by atoms with Gasteiger partial charge < -0.3 is 9.05 Å². The van der Waals surface area contributed by atoms with Gasteiger partial charge in [0.2, 0.25) is 0 Å². The first kappa shape index (κ1) is 9.64. The van der Waals surface area contributed by atoms with Gasteiger partial charge in [-0.1, -0.05) is 0 Å². The van der Waals surface area contributed by atoms with E-state index in [0.29, 0.717) is 6.61 Å². The van der Waals surface area contributed by atoms with Crippen molar-refractivity contribution in [1.29, 1.82) is 5.26 Å². The molecule has 58 valence electrons.